The predicted molar refractivity (Wildman–Crippen MR) is 103 cm³/mol. The third-order valence-corrected chi connectivity index (χ3v) is 5.12. The summed E-state index contributed by atoms with van der Waals surface area (Å²) in [6.07, 6.45) is 1.38. The highest BCUT2D eigenvalue weighted by molar-refractivity contribution is 9.10. The minimum atomic E-state index is -3.77. The molecule has 0 radical (unpaired) electrons. The number of methoxy groups -OCH3 is 2. The summed E-state index contributed by atoms with van der Waals surface area (Å²) in [7, 11) is -0.735. The number of rotatable bonds is 8. The zero-order valence-electron chi connectivity index (χ0n) is 14.5. The molecule has 2 aromatic carbocycles. The van der Waals surface area contributed by atoms with Crippen LogP contribution in [0.1, 0.15) is 12.5 Å². The third kappa shape index (κ3) is 4.89. The first kappa shape index (κ1) is 20.1. The molecule has 0 aliphatic rings. The van der Waals surface area contributed by atoms with E-state index in [4.69, 9.17) is 14.2 Å². The van der Waals surface area contributed by atoms with E-state index in [9.17, 15) is 8.42 Å². The number of sulfonamides is 1. The van der Waals surface area contributed by atoms with Gasteiger partial charge >= 0.3 is 0 Å². The van der Waals surface area contributed by atoms with Crippen LogP contribution >= 0.6 is 15.9 Å². The van der Waals surface area contributed by atoms with Gasteiger partial charge in [0.1, 0.15) is 5.75 Å². The van der Waals surface area contributed by atoms with Gasteiger partial charge in [0.15, 0.2) is 11.5 Å². The van der Waals surface area contributed by atoms with Crippen molar-refractivity contribution in [2.24, 2.45) is 5.10 Å². The van der Waals surface area contributed by atoms with Crippen LogP contribution in [-0.2, 0) is 10.0 Å². The fourth-order valence-electron chi connectivity index (χ4n) is 2.08. The maximum absolute atomic E-state index is 12.2. The van der Waals surface area contributed by atoms with Crippen molar-refractivity contribution < 1.29 is 22.6 Å². The van der Waals surface area contributed by atoms with E-state index in [1.807, 2.05) is 6.92 Å². The van der Waals surface area contributed by atoms with E-state index in [2.05, 4.69) is 25.9 Å². The molecule has 2 rings (SSSR count). The maximum Gasteiger partial charge on any atom is 0.276 e. The Hall–Kier alpha value is -2.26. The molecule has 2 aromatic rings. The average Bonchev–Trinajstić information content (AvgIpc) is 2.63. The molecule has 0 bridgehead atoms. The topological polar surface area (TPSA) is 86.2 Å². The van der Waals surface area contributed by atoms with Gasteiger partial charge < -0.3 is 14.2 Å². The molecule has 7 nitrogen and oxygen atoms in total. The molecule has 0 aliphatic carbocycles. The lowest BCUT2D eigenvalue weighted by atomic mass is 10.2. The fourth-order valence-corrected chi connectivity index (χ4v) is 3.44. The van der Waals surface area contributed by atoms with Crippen molar-refractivity contribution >= 4 is 32.2 Å². The molecule has 0 heterocycles. The molecule has 0 fully saturated rings. The first-order valence-corrected chi connectivity index (χ1v) is 9.88. The zero-order valence-corrected chi connectivity index (χ0v) is 16.9. The molecule has 0 aromatic heterocycles. The van der Waals surface area contributed by atoms with E-state index in [0.29, 0.717) is 33.9 Å². The van der Waals surface area contributed by atoms with Crippen LogP contribution in [0.25, 0.3) is 0 Å². The molecule has 9 heteroatoms. The Labute approximate surface area is 161 Å². The summed E-state index contributed by atoms with van der Waals surface area (Å²) in [6.45, 7) is 2.36. The molecule has 0 unspecified atom stereocenters. The van der Waals surface area contributed by atoms with Gasteiger partial charge in [-0.25, -0.2) is 4.83 Å². The van der Waals surface area contributed by atoms with E-state index in [-0.39, 0.29) is 4.90 Å². The van der Waals surface area contributed by atoms with E-state index in [0.717, 1.165) is 0 Å². The summed E-state index contributed by atoms with van der Waals surface area (Å²) in [4.78, 5) is 2.26. The van der Waals surface area contributed by atoms with Crippen LogP contribution in [0.5, 0.6) is 17.2 Å². The Morgan fingerprint density at radius 3 is 2.42 bits per heavy atom. The predicted octanol–water partition coefficient (Wildman–Crippen LogP) is 3.18. The SMILES string of the molecule is CCOc1c(Br)cc(/C=N\NS(=O)(=O)c2ccc(OC)cc2)cc1OC. The maximum atomic E-state index is 12.2. The molecule has 26 heavy (non-hydrogen) atoms. The Balaban J connectivity index is 2.17. The second-order valence-corrected chi connectivity index (χ2v) is 7.51. The van der Waals surface area contributed by atoms with Crippen molar-refractivity contribution in [1.29, 1.82) is 0 Å². The van der Waals surface area contributed by atoms with Crippen molar-refractivity contribution in [1.82, 2.24) is 4.83 Å². The molecule has 0 atom stereocenters. The van der Waals surface area contributed by atoms with Crippen molar-refractivity contribution in [2.75, 3.05) is 20.8 Å². The molecular formula is C17H19BrN2O5S. The van der Waals surface area contributed by atoms with E-state index in [1.54, 1.807) is 24.3 Å². The minimum absolute atomic E-state index is 0.0842. The Morgan fingerprint density at radius 2 is 1.85 bits per heavy atom. The number of nitrogens with zero attached hydrogens (tertiary/aromatic N) is 1. The summed E-state index contributed by atoms with van der Waals surface area (Å²) >= 11 is 3.40. The lowest BCUT2D eigenvalue weighted by Gasteiger charge is -2.12. The third-order valence-electron chi connectivity index (χ3n) is 3.30. The quantitative estimate of drug-likeness (QED) is 0.501. The largest absolute Gasteiger partial charge is 0.497 e. The molecule has 0 aliphatic heterocycles. The van der Waals surface area contributed by atoms with Crippen LogP contribution in [0.2, 0.25) is 0 Å². The summed E-state index contributed by atoms with van der Waals surface area (Å²) in [5.74, 6) is 1.66. The monoisotopic (exact) mass is 442 g/mol. The lowest BCUT2D eigenvalue weighted by molar-refractivity contribution is 0.309. The molecule has 0 amide bonds. The summed E-state index contributed by atoms with van der Waals surface area (Å²) in [5, 5.41) is 3.81. The summed E-state index contributed by atoms with van der Waals surface area (Å²) in [6, 6.07) is 9.44. The average molecular weight is 443 g/mol. The van der Waals surface area contributed by atoms with Crippen LogP contribution < -0.4 is 19.0 Å². The fraction of sp³-hybridized carbons (Fsp3) is 0.235. The smallest absolute Gasteiger partial charge is 0.276 e. The first-order chi connectivity index (χ1) is 12.4. The number of halogens is 1. The molecule has 0 saturated heterocycles. The van der Waals surface area contributed by atoms with Gasteiger partial charge in [-0.1, -0.05) is 0 Å². The number of benzene rings is 2. The number of hydrogen-bond donors (Lipinski definition) is 1. The lowest BCUT2D eigenvalue weighted by Crippen LogP contribution is -2.18. The normalized spacial score (nSPS) is 11.4. The molecular weight excluding hydrogens is 424 g/mol. The van der Waals surface area contributed by atoms with Crippen LogP contribution in [0, 0.1) is 0 Å². The highest BCUT2D eigenvalue weighted by atomic mass is 79.9. The Kier molecular flexibility index (Phi) is 6.87. The van der Waals surface area contributed by atoms with Crippen molar-refractivity contribution in [3.05, 3.63) is 46.4 Å². The van der Waals surface area contributed by atoms with Gasteiger partial charge in [0, 0.05) is 0 Å². The Bertz CT molecular complexity index is 883. The standard InChI is InChI=1S/C17H19BrN2O5S/c1-4-25-17-15(18)9-12(10-16(17)24-3)11-19-20-26(21,22)14-7-5-13(23-2)6-8-14/h5-11,20H,4H2,1-3H3/b19-11-. The number of hydrazone groups is 1. The molecule has 140 valence electrons. The molecule has 0 spiro atoms. The van der Waals surface area contributed by atoms with Crippen LogP contribution in [0.15, 0.2) is 50.9 Å². The molecule has 0 saturated carbocycles. The zero-order chi connectivity index (χ0) is 19.2. The second-order valence-electron chi connectivity index (χ2n) is 5.00. The van der Waals surface area contributed by atoms with Gasteiger partial charge in [0.05, 0.1) is 36.4 Å². The minimum Gasteiger partial charge on any atom is -0.497 e. The van der Waals surface area contributed by atoms with Gasteiger partial charge in [-0.05, 0) is 64.8 Å². The van der Waals surface area contributed by atoms with Gasteiger partial charge in [-0.15, -0.1) is 0 Å². The van der Waals surface area contributed by atoms with Crippen molar-refractivity contribution in [2.45, 2.75) is 11.8 Å². The van der Waals surface area contributed by atoms with Gasteiger partial charge in [-0.2, -0.15) is 13.5 Å². The first-order valence-electron chi connectivity index (χ1n) is 7.60. The van der Waals surface area contributed by atoms with E-state index < -0.39 is 10.0 Å². The molecule has 1 N–H and O–H groups in total. The highest BCUT2D eigenvalue weighted by Gasteiger charge is 2.13. The second kappa shape index (κ2) is 8.91. The van der Waals surface area contributed by atoms with Crippen molar-refractivity contribution in [3.8, 4) is 17.2 Å². The van der Waals surface area contributed by atoms with E-state index in [1.165, 1.54) is 32.6 Å². The van der Waals surface area contributed by atoms with Gasteiger partial charge in [0.25, 0.3) is 10.0 Å². The Morgan fingerprint density at radius 1 is 1.15 bits per heavy atom. The highest BCUT2D eigenvalue weighted by Crippen LogP contribution is 2.36. The van der Waals surface area contributed by atoms with Gasteiger partial charge in [0.2, 0.25) is 0 Å². The van der Waals surface area contributed by atoms with E-state index >= 15 is 0 Å². The summed E-state index contributed by atoms with van der Waals surface area (Å²) in [5.41, 5.74) is 0.634. The van der Waals surface area contributed by atoms with Crippen LogP contribution in [-0.4, -0.2) is 35.5 Å². The number of ether oxygens (including phenoxy) is 3. The summed E-state index contributed by atoms with van der Waals surface area (Å²) < 4.78 is 41.0. The number of hydrogen-bond acceptors (Lipinski definition) is 6. The van der Waals surface area contributed by atoms with Crippen LogP contribution in [0.4, 0.5) is 0 Å². The van der Waals surface area contributed by atoms with Crippen molar-refractivity contribution in [3.63, 3.8) is 0 Å². The van der Waals surface area contributed by atoms with Gasteiger partial charge in [-0.3, -0.25) is 0 Å². The number of nitrogens with one attached hydrogen (secondary N) is 1. The van der Waals surface area contributed by atoms with Crippen LogP contribution in [0.3, 0.4) is 0 Å².